The number of carbonyl (C=O) groups excluding carboxylic acids is 2. The van der Waals surface area contributed by atoms with Crippen LogP contribution in [-0.4, -0.2) is 31.1 Å². The van der Waals surface area contributed by atoms with Gasteiger partial charge in [0.1, 0.15) is 0 Å². The second-order valence-electron chi connectivity index (χ2n) is 2.27. The summed E-state index contributed by atoms with van der Waals surface area (Å²) < 4.78 is 9.53. The molecule has 1 rings (SSSR count). The Morgan fingerprint density at radius 2 is 2.58 bits per heavy atom. The fourth-order valence-electron chi connectivity index (χ4n) is 0.888. The van der Waals surface area contributed by atoms with Crippen LogP contribution in [0.5, 0.6) is 0 Å². The lowest BCUT2D eigenvalue weighted by Crippen LogP contribution is -2.35. The normalized spacial score (nSPS) is 22.4. The molecule has 0 saturated carbocycles. The van der Waals surface area contributed by atoms with Crippen molar-refractivity contribution in [2.75, 3.05) is 13.2 Å². The van der Waals surface area contributed by atoms with Crippen LogP contribution in [0.15, 0.2) is 12.2 Å². The number of carbonyl (C=O) groups is 2. The van der Waals surface area contributed by atoms with E-state index >= 15 is 0 Å². The molecular formula is C8H10O4. The van der Waals surface area contributed by atoms with Crippen LogP contribution in [-0.2, 0) is 19.1 Å². The molecule has 0 N–H and O–H groups in total. The molecule has 66 valence electrons. The zero-order valence-electron chi connectivity index (χ0n) is 6.78. The van der Waals surface area contributed by atoms with Crippen LogP contribution < -0.4 is 0 Å². The second kappa shape index (κ2) is 4.01. The Bertz CT molecular complexity index is 219. The van der Waals surface area contributed by atoms with Crippen molar-refractivity contribution >= 4 is 11.8 Å². The Labute approximate surface area is 70.1 Å². The van der Waals surface area contributed by atoms with Crippen LogP contribution in [0.3, 0.4) is 0 Å². The maximum Gasteiger partial charge on any atom is 0.343 e. The van der Waals surface area contributed by atoms with Crippen LogP contribution in [0.25, 0.3) is 0 Å². The molecule has 4 heteroatoms. The molecule has 12 heavy (non-hydrogen) atoms. The molecule has 0 bridgehead atoms. The van der Waals surface area contributed by atoms with E-state index < -0.39 is 12.1 Å². The summed E-state index contributed by atoms with van der Waals surface area (Å²) in [6.45, 7) is 2.23. The Morgan fingerprint density at radius 1 is 1.83 bits per heavy atom. The highest BCUT2D eigenvalue weighted by molar-refractivity contribution is 6.08. The van der Waals surface area contributed by atoms with Gasteiger partial charge in [0.15, 0.2) is 5.78 Å². The summed E-state index contributed by atoms with van der Waals surface area (Å²) in [5.41, 5.74) is 0. The first-order chi connectivity index (χ1) is 5.75. The van der Waals surface area contributed by atoms with Crippen molar-refractivity contribution in [3.63, 3.8) is 0 Å². The number of rotatable bonds is 2. The average molecular weight is 170 g/mol. The molecule has 0 radical (unpaired) electrons. The van der Waals surface area contributed by atoms with E-state index in [0.29, 0.717) is 0 Å². The van der Waals surface area contributed by atoms with E-state index in [1.54, 1.807) is 13.0 Å². The molecule has 1 atom stereocenters. The van der Waals surface area contributed by atoms with E-state index in [2.05, 4.69) is 4.74 Å². The molecular weight excluding hydrogens is 160 g/mol. The lowest BCUT2D eigenvalue weighted by atomic mass is 10.2. The standard InChI is InChI=1S/C8H10O4/c1-2-11-8(10)7-6(9)4-3-5-12-7/h3-4,7H,2,5H2,1H3. The van der Waals surface area contributed by atoms with E-state index in [4.69, 9.17) is 4.74 Å². The van der Waals surface area contributed by atoms with Crippen molar-refractivity contribution in [1.82, 2.24) is 0 Å². The monoisotopic (exact) mass is 170 g/mol. The molecule has 0 saturated heterocycles. The van der Waals surface area contributed by atoms with Gasteiger partial charge in [-0.3, -0.25) is 4.79 Å². The lowest BCUT2D eigenvalue weighted by molar-refractivity contribution is -0.159. The molecule has 0 spiro atoms. The van der Waals surface area contributed by atoms with E-state index in [9.17, 15) is 9.59 Å². The quantitative estimate of drug-likeness (QED) is 0.435. The smallest absolute Gasteiger partial charge is 0.343 e. The molecule has 4 nitrogen and oxygen atoms in total. The average Bonchev–Trinajstić information content (AvgIpc) is 2.05. The molecule has 1 heterocycles. The van der Waals surface area contributed by atoms with Crippen molar-refractivity contribution in [1.29, 1.82) is 0 Å². The van der Waals surface area contributed by atoms with E-state index in [0.717, 1.165) is 0 Å². The van der Waals surface area contributed by atoms with Crippen molar-refractivity contribution in [3.05, 3.63) is 12.2 Å². The van der Waals surface area contributed by atoms with Gasteiger partial charge in [-0.2, -0.15) is 0 Å². The molecule has 1 unspecified atom stereocenters. The molecule has 0 aromatic heterocycles. The maximum absolute atomic E-state index is 11.0. The predicted molar refractivity (Wildman–Crippen MR) is 40.5 cm³/mol. The Hall–Kier alpha value is -1.16. The summed E-state index contributed by atoms with van der Waals surface area (Å²) in [6, 6.07) is 0. The van der Waals surface area contributed by atoms with Gasteiger partial charge in [-0.25, -0.2) is 4.79 Å². The highest BCUT2D eigenvalue weighted by atomic mass is 16.6. The van der Waals surface area contributed by atoms with E-state index in [1.165, 1.54) is 6.08 Å². The first-order valence-electron chi connectivity index (χ1n) is 3.74. The third-order valence-corrected chi connectivity index (χ3v) is 1.40. The summed E-state index contributed by atoms with van der Waals surface area (Å²) >= 11 is 0. The Balaban J connectivity index is 2.56. The van der Waals surface area contributed by atoms with Gasteiger partial charge in [-0.1, -0.05) is 6.08 Å². The summed E-state index contributed by atoms with van der Waals surface area (Å²) in [7, 11) is 0. The van der Waals surface area contributed by atoms with E-state index in [1.807, 2.05) is 0 Å². The summed E-state index contributed by atoms with van der Waals surface area (Å²) in [5.74, 6) is -0.952. The molecule has 0 aromatic rings. The van der Waals surface area contributed by atoms with Crippen molar-refractivity contribution in [2.24, 2.45) is 0 Å². The zero-order valence-corrected chi connectivity index (χ0v) is 6.78. The fraction of sp³-hybridized carbons (Fsp3) is 0.500. The highest BCUT2D eigenvalue weighted by Crippen LogP contribution is 2.04. The van der Waals surface area contributed by atoms with Crippen molar-refractivity contribution < 1.29 is 19.1 Å². The van der Waals surface area contributed by atoms with Gasteiger partial charge in [0.2, 0.25) is 6.10 Å². The van der Waals surface area contributed by atoms with Gasteiger partial charge >= 0.3 is 5.97 Å². The number of ether oxygens (including phenoxy) is 2. The minimum atomic E-state index is -1.05. The van der Waals surface area contributed by atoms with Gasteiger partial charge in [0, 0.05) is 0 Å². The largest absolute Gasteiger partial charge is 0.464 e. The molecule has 0 aliphatic carbocycles. The van der Waals surface area contributed by atoms with Gasteiger partial charge < -0.3 is 9.47 Å². The summed E-state index contributed by atoms with van der Waals surface area (Å²) in [5, 5.41) is 0. The Kier molecular flexibility index (Phi) is 2.99. The third-order valence-electron chi connectivity index (χ3n) is 1.40. The number of hydrogen-bond acceptors (Lipinski definition) is 4. The van der Waals surface area contributed by atoms with Crippen LogP contribution in [0.1, 0.15) is 6.92 Å². The topological polar surface area (TPSA) is 52.6 Å². The van der Waals surface area contributed by atoms with Crippen LogP contribution in [0.4, 0.5) is 0 Å². The Morgan fingerprint density at radius 3 is 3.17 bits per heavy atom. The fourth-order valence-corrected chi connectivity index (χ4v) is 0.888. The molecule has 0 fully saturated rings. The molecule has 0 amide bonds. The molecule has 0 aromatic carbocycles. The van der Waals surface area contributed by atoms with E-state index in [-0.39, 0.29) is 19.0 Å². The minimum absolute atomic E-state index is 0.260. The SMILES string of the molecule is CCOC(=O)C1OCC=CC1=O. The third kappa shape index (κ3) is 1.92. The predicted octanol–water partition coefficient (Wildman–Crippen LogP) is 0.0736. The minimum Gasteiger partial charge on any atom is -0.464 e. The number of esters is 1. The second-order valence-corrected chi connectivity index (χ2v) is 2.27. The molecule has 1 aliphatic heterocycles. The number of hydrogen-bond donors (Lipinski definition) is 0. The van der Waals surface area contributed by atoms with Crippen LogP contribution >= 0.6 is 0 Å². The van der Waals surface area contributed by atoms with Crippen LogP contribution in [0, 0.1) is 0 Å². The van der Waals surface area contributed by atoms with Crippen molar-refractivity contribution in [3.8, 4) is 0 Å². The zero-order chi connectivity index (χ0) is 8.97. The molecule has 1 aliphatic rings. The van der Waals surface area contributed by atoms with Crippen LogP contribution in [0.2, 0.25) is 0 Å². The number of ketones is 1. The summed E-state index contributed by atoms with van der Waals surface area (Å²) in [4.78, 5) is 22.0. The maximum atomic E-state index is 11.0. The van der Waals surface area contributed by atoms with Gasteiger partial charge in [0.05, 0.1) is 13.2 Å². The van der Waals surface area contributed by atoms with Gasteiger partial charge in [0.25, 0.3) is 0 Å². The highest BCUT2D eigenvalue weighted by Gasteiger charge is 2.28. The first-order valence-corrected chi connectivity index (χ1v) is 3.74. The summed E-state index contributed by atoms with van der Waals surface area (Å²) in [6.07, 6.45) is 1.86. The first kappa shape index (κ1) is 8.93. The van der Waals surface area contributed by atoms with Gasteiger partial charge in [-0.15, -0.1) is 0 Å². The van der Waals surface area contributed by atoms with Gasteiger partial charge in [-0.05, 0) is 13.0 Å². The lowest BCUT2D eigenvalue weighted by Gasteiger charge is -2.15. The van der Waals surface area contributed by atoms with Crippen molar-refractivity contribution in [2.45, 2.75) is 13.0 Å².